The molecule has 0 unspecified atom stereocenters. The predicted molar refractivity (Wildman–Crippen MR) is 33.4 cm³/mol. The second-order valence-electron chi connectivity index (χ2n) is 0. The summed E-state index contributed by atoms with van der Waals surface area (Å²) in [5.74, 6) is 0. The van der Waals surface area contributed by atoms with Gasteiger partial charge in [0.1, 0.15) is 0 Å². The number of hydrogen-bond donors (Lipinski definition) is 0. The van der Waals surface area contributed by atoms with E-state index < -0.39 is 0 Å². The maximum Gasteiger partial charge on any atom is 0 e. The minimum atomic E-state index is 0. The molecule has 0 aromatic carbocycles. The van der Waals surface area contributed by atoms with E-state index in [9.17, 15) is 0 Å². The first kappa shape index (κ1) is 43.2. The normalized spacial score (nSPS) is 0. The van der Waals surface area contributed by atoms with Crippen molar-refractivity contribution in [2.24, 2.45) is 0 Å². The van der Waals surface area contributed by atoms with Crippen LogP contribution in [0, 0.1) is 0 Å². The molecule has 0 spiro atoms. The van der Waals surface area contributed by atoms with Crippen LogP contribution in [-0.4, -0.2) is 83.1 Å². The standard InChI is InChI=1S/As.H2S.Sb.Se.Te/h;1H2;;;. The Kier molecular flexibility index (Phi) is 240. The smallest absolute Gasteiger partial charge is 0 e. The van der Waals surface area contributed by atoms with E-state index in [-0.39, 0.29) is 96.6 Å². The van der Waals surface area contributed by atoms with E-state index in [1.807, 2.05) is 0 Å². The zero-order valence-corrected chi connectivity index (χ0v) is 11.7. The van der Waals surface area contributed by atoms with Gasteiger partial charge >= 0.3 is 0 Å². The molecule has 0 heterocycles. The van der Waals surface area contributed by atoms with Gasteiger partial charge < -0.3 is 0 Å². The van der Waals surface area contributed by atoms with Crippen LogP contribution in [0.25, 0.3) is 0 Å². The third kappa shape index (κ3) is 19.4. The first-order valence-electron chi connectivity index (χ1n) is 0. The van der Waals surface area contributed by atoms with Crippen LogP contribution in [0.3, 0.4) is 0 Å². The zero-order valence-electron chi connectivity index (χ0n) is 2.21. The monoisotopic (exact) mass is 440 g/mol. The molecular formula is H2AsSSbSeTe. The molecule has 0 atom stereocenters. The Labute approximate surface area is 95.0 Å². The Morgan fingerprint density at radius 2 is 1.00 bits per heavy atom. The maximum absolute atomic E-state index is 0. The summed E-state index contributed by atoms with van der Waals surface area (Å²) in [7, 11) is 0. The van der Waals surface area contributed by atoms with Gasteiger partial charge in [0.2, 0.25) is 0 Å². The van der Waals surface area contributed by atoms with Gasteiger partial charge in [-0.25, -0.2) is 0 Å². The summed E-state index contributed by atoms with van der Waals surface area (Å²) in [6.07, 6.45) is 0. The van der Waals surface area contributed by atoms with Crippen LogP contribution in [0.15, 0.2) is 0 Å². The van der Waals surface area contributed by atoms with Gasteiger partial charge in [0.05, 0.1) is 0 Å². The van der Waals surface area contributed by atoms with Gasteiger partial charge in [0.25, 0.3) is 0 Å². The second-order valence-corrected chi connectivity index (χ2v) is 0. The third-order valence-corrected chi connectivity index (χ3v) is 0. The Morgan fingerprint density at radius 3 is 1.00 bits per heavy atom. The van der Waals surface area contributed by atoms with E-state index in [0.29, 0.717) is 0 Å². The van der Waals surface area contributed by atoms with Gasteiger partial charge in [-0.05, 0) is 0 Å². The van der Waals surface area contributed by atoms with Crippen molar-refractivity contribution in [1.29, 1.82) is 0 Å². The van der Waals surface area contributed by atoms with Crippen LogP contribution in [0.5, 0.6) is 0 Å². The minimum absolute atomic E-state index is 0. The first-order chi connectivity index (χ1) is 0. The van der Waals surface area contributed by atoms with Gasteiger partial charge in [-0.1, -0.05) is 0 Å². The number of rotatable bonds is 0. The molecule has 5 heavy (non-hydrogen) atoms. The molecule has 0 aliphatic heterocycles. The summed E-state index contributed by atoms with van der Waals surface area (Å²) < 4.78 is 0. The zero-order chi connectivity index (χ0) is 0. The van der Waals surface area contributed by atoms with E-state index in [1.54, 1.807) is 0 Å². The largest absolute Gasteiger partial charge is 0.197 e. The molecule has 0 bridgehead atoms. The molecule has 0 N–H and O–H groups in total. The average Bonchev–Trinajstić information content (AvgIpc) is 0. The van der Waals surface area contributed by atoms with Crippen LogP contribution < -0.4 is 0 Å². The molecule has 0 aliphatic carbocycles. The van der Waals surface area contributed by atoms with Crippen molar-refractivity contribution >= 4 is 96.6 Å². The summed E-state index contributed by atoms with van der Waals surface area (Å²) in [4.78, 5) is 0. The Balaban J connectivity index is 0. The molecule has 30 valence electrons. The molecule has 0 fully saturated rings. The molecular weight excluding hydrogens is 435 g/mol. The van der Waals surface area contributed by atoms with Gasteiger partial charge in [-0.15, -0.1) is 0 Å². The number of hydrogen-bond acceptors (Lipinski definition) is 0. The van der Waals surface area contributed by atoms with Crippen LogP contribution in [-0.2, 0) is 0 Å². The molecule has 0 aliphatic rings. The van der Waals surface area contributed by atoms with Gasteiger partial charge in [-0.3, -0.25) is 0 Å². The molecule has 0 aromatic heterocycles. The van der Waals surface area contributed by atoms with E-state index in [0.717, 1.165) is 0 Å². The van der Waals surface area contributed by atoms with Crippen molar-refractivity contribution in [2.75, 3.05) is 0 Å². The Bertz CT molecular complexity index is 11.6. The van der Waals surface area contributed by atoms with E-state index in [2.05, 4.69) is 0 Å². The fourth-order valence-electron chi connectivity index (χ4n) is 0. The summed E-state index contributed by atoms with van der Waals surface area (Å²) in [6, 6.07) is 0. The Morgan fingerprint density at radius 1 is 1.00 bits per heavy atom. The molecule has 0 rings (SSSR count). The van der Waals surface area contributed by atoms with Crippen molar-refractivity contribution in [1.82, 2.24) is 0 Å². The molecule has 5 heteroatoms. The van der Waals surface area contributed by atoms with Crippen LogP contribution in [0.2, 0.25) is 0 Å². The average molecular weight is 437 g/mol. The summed E-state index contributed by atoms with van der Waals surface area (Å²) in [6.45, 7) is 0. The summed E-state index contributed by atoms with van der Waals surface area (Å²) in [5.41, 5.74) is 0. The molecule has 10 radical (unpaired) electrons. The molecule has 0 nitrogen and oxygen atoms in total. The van der Waals surface area contributed by atoms with Gasteiger partial charge in [-0.2, -0.15) is 13.5 Å². The summed E-state index contributed by atoms with van der Waals surface area (Å²) in [5, 5.41) is 0. The van der Waals surface area contributed by atoms with Crippen molar-refractivity contribution < 1.29 is 0 Å². The molecule has 0 saturated heterocycles. The van der Waals surface area contributed by atoms with Crippen LogP contribution >= 0.6 is 13.5 Å². The molecule has 0 saturated carbocycles. The van der Waals surface area contributed by atoms with Crippen LogP contribution in [0.1, 0.15) is 0 Å². The minimum Gasteiger partial charge on any atom is -0.197 e. The topological polar surface area (TPSA) is 0 Å². The molecule has 0 amide bonds. The van der Waals surface area contributed by atoms with E-state index >= 15 is 0 Å². The van der Waals surface area contributed by atoms with Gasteiger partial charge in [0.15, 0.2) is 0 Å². The van der Waals surface area contributed by atoms with E-state index in [4.69, 9.17) is 0 Å². The first-order valence-corrected chi connectivity index (χ1v) is 0. The Hall–Kier alpha value is 3.04. The fraction of sp³-hybridized carbons (Fsp3) is 0. The maximum atomic E-state index is 0. The van der Waals surface area contributed by atoms with Crippen molar-refractivity contribution in [3.63, 3.8) is 0 Å². The quantitative estimate of drug-likeness (QED) is 0.409. The van der Waals surface area contributed by atoms with Crippen molar-refractivity contribution in [3.05, 3.63) is 0 Å². The van der Waals surface area contributed by atoms with Crippen molar-refractivity contribution in [2.45, 2.75) is 0 Å². The SMILES string of the molecule is S.[As].[Sb].[Se].[Te]. The third-order valence-electron chi connectivity index (χ3n) is 0. The second kappa shape index (κ2) is 27.8. The van der Waals surface area contributed by atoms with E-state index in [1.165, 1.54) is 0 Å². The summed E-state index contributed by atoms with van der Waals surface area (Å²) >= 11 is 0. The van der Waals surface area contributed by atoms with Crippen LogP contribution in [0.4, 0.5) is 0 Å². The molecule has 0 aromatic rings. The van der Waals surface area contributed by atoms with Crippen molar-refractivity contribution in [3.8, 4) is 0 Å². The predicted octanol–water partition coefficient (Wildman–Crippen LogP) is -1.41. The fourth-order valence-corrected chi connectivity index (χ4v) is 0. The van der Waals surface area contributed by atoms with Gasteiger partial charge in [0, 0.05) is 83.1 Å².